The van der Waals surface area contributed by atoms with Crippen LogP contribution in [0.4, 0.5) is 0 Å². The van der Waals surface area contributed by atoms with Crippen molar-refractivity contribution in [1.29, 1.82) is 0 Å². The van der Waals surface area contributed by atoms with Crippen LogP contribution in [-0.2, 0) is 32.0 Å². The Morgan fingerprint density at radius 1 is 0.857 bits per heavy atom. The summed E-state index contributed by atoms with van der Waals surface area (Å²) in [6.45, 7) is 7.14. The minimum Gasteiger partial charge on any atom is -0.426 e. The van der Waals surface area contributed by atoms with E-state index in [1.54, 1.807) is 0 Å². The molecule has 0 aliphatic rings. The summed E-state index contributed by atoms with van der Waals surface area (Å²) >= 11 is 0. The number of rotatable bonds is 17. The van der Waals surface area contributed by atoms with Crippen molar-refractivity contribution in [3.05, 3.63) is 29.8 Å². The third kappa shape index (κ3) is 13.8. The first-order valence-electron chi connectivity index (χ1n) is 11.1. The Morgan fingerprint density at radius 2 is 1.46 bits per heavy atom. The summed E-state index contributed by atoms with van der Waals surface area (Å²) in [5.41, 5.74) is 1.32. The third-order valence-electron chi connectivity index (χ3n) is 5.17. The minimum atomic E-state index is -2.47. The molecule has 0 radical (unpaired) electrons. The first-order chi connectivity index (χ1) is 13.2. The molecule has 0 amide bonds. The van der Waals surface area contributed by atoms with Crippen LogP contribution in [0.25, 0.3) is 0 Å². The molecule has 0 bridgehead atoms. The van der Waals surface area contributed by atoms with Crippen molar-refractivity contribution >= 4 is 8.25 Å². The predicted molar refractivity (Wildman–Crippen MR) is 117 cm³/mol. The molecule has 1 aromatic rings. The summed E-state index contributed by atoms with van der Waals surface area (Å²) in [7, 11) is -2.47. The van der Waals surface area contributed by atoms with Gasteiger partial charge in [0, 0.05) is 16.5 Å². The van der Waals surface area contributed by atoms with Gasteiger partial charge in [0.05, 0.1) is 6.61 Å². The fourth-order valence-corrected chi connectivity index (χ4v) is 3.98. The SMILES string of the molecule is CCCCCCCCCc1ccc(O[PH](=O)OCC(CC)CCCC)cc1.[Ni]. The molecule has 0 aliphatic heterocycles. The Balaban J connectivity index is 0.00000729. The van der Waals surface area contributed by atoms with E-state index in [0.29, 0.717) is 18.3 Å². The molecule has 0 saturated heterocycles. The zero-order valence-corrected chi connectivity index (χ0v) is 20.1. The van der Waals surface area contributed by atoms with Gasteiger partial charge in [-0.1, -0.05) is 90.7 Å². The van der Waals surface area contributed by atoms with Gasteiger partial charge >= 0.3 is 8.25 Å². The van der Waals surface area contributed by atoms with E-state index in [-0.39, 0.29) is 16.5 Å². The van der Waals surface area contributed by atoms with Crippen LogP contribution in [0.5, 0.6) is 5.75 Å². The molecule has 0 fully saturated rings. The van der Waals surface area contributed by atoms with E-state index in [2.05, 4.69) is 32.9 Å². The van der Waals surface area contributed by atoms with Gasteiger partial charge < -0.3 is 9.05 Å². The van der Waals surface area contributed by atoms with Gasteiger partial charge in [0.2, 0.25) is 0 Å². The van der Waals surface area contributed by atoms with Gasteiger partial charge in [0.15, 0.2) is 0 Å². The molecular formula is C23H41NiO3P. The second-order valence-corrected chi connectivity index (χ2v) is 8.59. The average molecular weight is 455 g/mol. The number of hydrogen-bond acceptors (Lipinski definition) is 3. The Bertz CT molecular complexity index is 493. The van der Waals surface area contributed by atoms with Crippen molar-refractivity contribution in [2.24, 2.45) is 5.92 Å². The van der Waals surface area contributed by atoms with E-state index in [1.165, 1.54) is 63.4 Å². The molecule has 2 unspecified atom stereocenters. The Hall–Kier alpha value is -0.296. The van der Waals surface area contributed by atoms with E-state index < -0.39 is 8.25 Å². The molecule has 1 rings (SSSR count). The second kappa shape index (κ2) is 18.7. The Kier molecular flexibility index (Phi) is 18.5. The number of aryl methyl sites for hydroxylation is 1. The van der Waals surface area contributed by atoms with E-state index in [1.807, 2.05) is 12.1 Å². The maximum absolute atomic E-state index is 12.1. The number of unbranched alkanes of at least 4 members (excludes halogenated alkanes) is 7. The topological polar surface area (TPSA) is 35.5 Å². The molecule has 0 aromatic heterocycles. The Labute approximate surface area is 184 Å². The van der Waals surface area contributed by atoms with Crippen molar-refractivity contribution in [2.75, 3.05) is 6.61 Å². The maximum Gasteiger partial charge on any atom is 0.367 e. The molecule has 0 heterocycles. The van der Waals surface area contributed by atoms with E-state index in [0.717, 1.165) is 19.3 Å². The number of benzene rings is 1. The smallest absolute Gasteiger partial charge is 0.367 e. The van der Waals surface area contributed by atoms with Gasteiger partial charge in [0.25, 0.3) is 0 Å². The molecule has 3 nitrogen and oxygen atoms in total. The summed E-state index contributed by atoms with van der Waals surface area (Å²) in [4.78, 5) is 0. The van der Waals surface area contributed by atoms with Crippen LogP contribution in [-0.4, -0.2) is 6.61 Å². The number of hydrogen-bond donors (Lipinski definition) is 0. The molecule has 0 aliphatic carbocycles. The monoisotopic (exact) mass is 454 g/mol. The summed E-state index contributed by atoms with van der Waals surface area (Å²) in [6, 6.07) is 7.99. The maximum atomic E-state index is 12.1. The van der Waals surface area contributed by atoms with Crippen molar-refractivity contribution in [3.63, 3.8) is 0 Å². The largest absolute Gasteiger partial charge is 0.426 e. The van der Waals surface area contributed by atoms with Crippen LogP contribution in [0, 0.1) is 5.92 Å². The summed E-state index contributed by atoms with van der Waals surface area (Å²) in [6.07, 6.45) is 15.0. The normalized spacial score (nSPS) is 13.0. The van der Waals surface area contributed by atoms with E-state index in [4.69, 9.17) is 9.05 Å². The van der Waals surface area contributed by atoms with Crippen molar-refractivity contribution in [2.45, 2.75) is 97.8 Å². The third-order valence-corrected chi connectivity index (χ3v) is 5.98. The van der Waals surface area contributed by atoms with Crippen LogP contribution >= 0.6 is 8.25 Å². The summed E-state index contributed by atoms with van der Waals surface area (Å²) in [5.74, 6) is 1.12. The van der Waals surface area contributed by atoms with E-state index >= 15 is 0 Å². The van der Waals surface area contributed by atoms with E-state index in [9.17, 15) is 4.57 Å². The van der Waals surface area contributed by atoms with Crippen LogP contribution in [0.2, 0.25) is 0 Å². The zero-order chi connectivity index (χ0) is 19.7. The molecule has 166 valence electrons. The van der Waals surface area contributed by atoms with Crippen LogP contribution in [0.15, 0.2) is 24.3 Å². The standard InChI is InChI=1S/C23H41O3P.Ni/c1-4-7-9-10-11-12-13-15-22-16-18-23(19-17-22)26-27(24)25-20-21(6-3)14-8-5-2;/h16-19,21,27H,4-15,20H2,1-3H3;. The van der Waals surface area contributed by atoms with Gasteiger partial charge in [-0.2, -0.15) is 0 Å². The molecule has 0 N–H and O–H groups in total. The molecule has 2 atom stereocenters. The van der Waals surface area contributed by atoms with Gasteiger partial charge in [-0.25, -0.2) is 4.57 Å². The van der Waals surface area contributed by atoms with Crippen molar-refractivity contribution in [1.82, 2.24) is 0 Å². The van der Waals surface area contributed by atoms with Crippen molar-refractivity contribution < 1.29 is 30.1 Å². The molecule has 0 saturated carbocycles. The van der Waals surface area contributed by atoms with Gasteiger partial charge in [-0.3, -0.25) is 0 Å². The average Bonchev–Trinajstić information content (AvgIpc) is 2.68. The van der Waals surface area contributed by atoms with Gasteiger partial charge in [-0.15, -0.1) is 0 Å². The van der Waals surface area contributed by atoms with Crippen LogP contribution in [0.3, 0.4) is 0 Å². The minimum absolute atomic E-state index is 0. The summed E-state index contributed by atoms with van der Waals surface area (Å²) < 4.78 is 23.0. The molecule has 5 heteroatoms. The predicted octanol–water partition coefficient (Wildman–Crippen LogP) is 7.98. The van der Waals surface area contributed by atoms with Crippen LogP contribution < -0.4 is 4.52 Å². The fourth-order valence-electron chi connectivity index (χ4n) is 3.22. The van der Waals surface area contributed by atoms with Gasteiger partial charge in [-0.05, 0) is 42.9 Å². The Morgan fingerprint density at radius 3 is 2.07 bits per heavy atom. The summed E-state index contributed by atoms with van der Waals surface area (Å²) in [5, 5.41) is 0. The quantitative estimate of drug-likeness (QED) is 0.136. The van der Waals surface area contributed by atoms with Crippen LogP contribution in [0.1, 0.15) is 97.0 Å². The first kappa shape index (κ1) is 27.7. The second-order valence-electron chi connectivity index (χ2n) is 7.59. The fraction of sp³-hybridized carbons (Fsp3) is 0.739. The molecular weight excluding hydrogens is 414 g/mol. The van der Waals surface area contributed by atoms with Crippen molar-refractivity contribution in [3.8, 4) is 5.75 Å². The molecule has 1 aromatic carbocycles. The first-order valence-corrected chi connectivity index (χ1v) is 12.4. The zero-order valence-electron chi connectivity index (χ0n) is 18.1. The van der Waals surface area contributed by atoms with Gasteiger partial charge in [0.1, 0.15) is 5.75 Å². The molecule has 0 spiro atoms. The molecule has 28 heavy (non-hydrogen) atoms.